The largest absolute Gasteiger partial charge is 0.276 e. The smallest absolute Gasteiger partial charge is 0.0862 e. The number of aromatic nitrogens is 2. The van der Waals surface area contributed by atoms with Gasteiger partial charge in [-0.15, -0.1) is 0 Å². The monoisotopic (exact) mass is 212 g/mol. The molecule has 0 saturated heterocycles. The van der Waals surface area contributed by atoms with Gasteiger partial charge in [0.2, 0.25) is 0 Å². The van der Waals surface area contributed by atoms with E-state index in [4.69, 9.17) is 23.2 Å². The van der Waals surface area contributed by atoms with Crippen molar-refractivity contribution in [1.82, 2.24) is 10.2 Å². The lowest BCUT2D eigenvalue weighted by atomic mass is 10.2. The maximum atomic E-state index is 5.89. The van der Waals surface area contributed by atoms with Gasteiger partial charge in [-0.05, 0) is 12.1 Å². The van der Waals surface area contributed by atoms with Gasteiger partial charge in [0.25, 0.3) is 0 Å². The van der Waals surface area contributed by atoms with Gasteiger partial charge in [0.1, 0.15) is 0 Å². The topological polar surface area (TPSA) is 28.7 Å². The molecule has 0 bridgehead atoms. The fourth-order valence-electron chi connectivity index (χ4n) is 1.12. The van der Waals surface area contributed by atoms with Crippen LogP contribution in [0.5, 0.6) is 0 Å². The van der Waals surface area contributed by atoms with Crippen molar-refractivity contribution in [3.05, 3.63) is 40.5 Å². The first-order valence-corrected chi connectivity index (χ1v) is 4.48. The van der Waals surface area contributed by atoms with Crippen molar-refractivity contribution < 1.29 is 0 Å². The van der Waals surface area contributed by atoms with Crippen molar-refractivity contribution in [2.75, 3.05) is 0 Å². The molecule has 2 aromatic rings. The standard InChI is InChI=1S/C9H6Cl2N2/c10-7-3-1-2-6(4-7)9-8(11)5-12-13-9/h1-5H,(H,12,13). The second-order valence-electron chi connectivity index (χ2n) is 2.60. The molecule has 0 aliphatic carbocycles. The van der Waals surface area contributed by atoms with Crippen molar-refractivity contribution >= 4 is 23.2 Å². The van der Waals surface area contributed by atoms with E-state index in [1.165, 1.54) is 0 Å². The molecule has 66 valence electrons. The number of hydrogen-bond donors (Lipinski definition) is 1. The Labute approximate surface area is 85.5 Å². The number of rotatable bonds is 1. The summed E-state index contributed by atoms with van der Waals surface area (Å²) >= 11 is 11.7. The SMILES string of the molecule is Clc1cccc(-c2[nH]ncc2Cl)c1. The lowest BCUT2D eigenvalue weighted by Crippen LogP contribution is -1.78. The molecule has 0 atom stereocenters. The summed E-state index contributed by atoms with van der Waals surface area (Å²) in [4.78, 5) is 0. The molecule has 0 aliphatic heterocycles. The van der Waals surface area contributed by atoms with Gasteiger partial charge >= 0.3 is 0 Å². The molecule has 0 saturated carbocycles. The Hall–Kier alpha value is -0.990. The molecule has 1 aromatic carbocycles. The first-order valence-electron chi connectivity index (χ1n) is 3.72. The molecule has 0 amide bonds. The van der Waals surface area contributed by atoms with E-state index in [1.807, 2.05) is 24.3 Å². The molecule has 2 rings (SSSR count). The Morgan fingerprint density at radius 1 is 1.23 bits per heavy atom. The maximum absolute atomic E-state index is 5.89. The van der Waals surface area contributed by atoms with Crippen molar-refractivity contribution in [2.24, 2.45) is 0 Å². The Bertz CT molecular complexity index is 423. The Morgan fingerprint density at radius 2 is 2.08 bits per heavy atom. The molecule has 13 heavy (non-hydrogen) atoms. The Kier molecular flexibility index (Phi) is 2.25. The predicted molar refractivity (Wildman–Crippen MR) is 54.0 cm³/mol. The fourth-order valence-corrected chi connectivity index (χ4v) is 1.51. The summed E-state index contributed by atoms with van der Waals surface area (Å²) in [6.45, 7) is 0. The lowest BCUT2D eigenvalue weighted by molar-refractivity contribution is 1.10. The first-order chi connectivity index (χ1) is 6.27. The van der Waals surface area contributed by atoms with E-state index in [2.05, 4.69) is 10.2 Å². The number of nitrogens with one attached hydrogen (secondary N) is 1. The summed E-state index contributed by atoms with van der Waals surface area (Å²) < 4.78 is 0. The van der Waals surface area contributed by atoms with Gasteiger partial charge in [-0.1, -0.05) is 35.3 Å². The van der Waals surface area contributed by atoms with Crippen LogP contribution >= 0.6 is 23.2 Å². The van der Waals surface area contributed by atoms with E-state index in [1.54, 1.807) is 6.20 Å². The van der Waals surface area contributed by atoms with Crippen LogP contribution in [0.2, 0.25) is 10.0 Å². The average molecular weight is 213 g/mol. The van der Waals surface area contributed by atoms with Crippen LogP contribution in [0.15, 0.2) is 30.5 Å². The Morgan fingerprint density at radius 3 is 2.69 bits per heavy atom. The number of nitrogens with zero attached hydrogens (tertiary/aromatic N) is 1. The zero-order chi connectivity index (χ0) is 9.26. The quantitative estimate of drug-likeness (QED) is 0.772. The third kappa shape index (κ3) is 1.69. The van der Waals surface area contributed by atoms with Crippen molar-refractivity contribution in [3.63, 3.8) is 0 Å². The normalized spacial score (nSPS) is 10.3. The van der Waals surface area contributed by atoms with Crippen LogP contribution in [-0.2, 0) is 0 Å². The van der Waals surface area contributed by atoms with E-state index in [9.17, 15) is 0 Å². The van der Waals surface area contributed by atoms with E-state index in [0.717, 1.165) is 11.3 Å². The zero-order valence-electron chi connectivity index (χ0n) is 6.59. The minimum Gasteiger partial charge on any atom is -0.276 e. The van der Waals surface area contributed by atoms with Gasteiger partial charge in [-0.2, -0.15) is 5.10 Å². The lowest BCUT2D eigenvalue weighted by Gasteiger charge is -1.98. The third-order valence-electron chi connectivity index (χ3n) is 1.71. The molecule has 0 spiro atoms. The third-order valence-corrected chi connectivity index (χ3v) is 2.23. The molecule has 0 radical (unpaired) electrons. The van der Waals surface area contributed by atoms with Gasteiger partial charge in [0.05, 0.1) is 16.9 Å². The number of H-pyrrole nitrogens is 1. The molecule has 4 heteroatoms. The predicted octanol–water partition coefficient (Wildman–Crippen LogP) is 3.38. The van der Waals surface area contributed by atoms with Crippen molar-refractivity contribution in [1.29, 1.82) is 0 Å². The highest BCUT2D eigenvalue weighted by Gasteiger charge is 2.04. The van der Waals surface area contributed by atoms with Crippen molar-refractivity contribution in [2.45, 2.75) is 0 Å². The van der Waals surface area contributed by atoms with Gasteiger partial charge < -0.3 is 0 Å². The van der Waals surface area contributed by atoms with Gasteiger partial charge in [0, 0.05) is 10.6 Å². The number of hydrogen-bond acceptors (Lipinski definition) is 1. The molecule has 0 aliphatic rings. The number of aromatic amines is 1. The summed E-state index contributed by atoms with van der Waals surface area (Å²) in [5.74, 6) is 0. The van der Waals surface area contributed by atoms with E-state index < -0.39 is 0 Å². The molecule has 2 nitrogen and oxygen atoms in total. The minimum atomic E-state index is 0.599. The van der Waals surface area contributed by atoms with Crippen LogP contribution in [0, 0.1) is 0 Å². The second kappa shape index (κ2) is 3.40. The molecule has 0 fully saturated rings. The summed E-state index contributed by atoms with van der Waals surface area (Å²) in [6.07, 6.45) is 1.57. The number of benzene rings is 1. The molecule has 1 aromatic heterocycles. The summed E-state index contributed by atoms with van der Waals surface area (Å²) in [5, 5.41) is 7.92. The highest BCUT2D eigenvalue weighted by molar-refractivity contribution is 6.33. The molecule has 0 unspecified atom stereocenters. The summed E-state index contributed by atoms with van der Waals surface area (Å²) in [7, 11) is 0. The maximum Gasteiger partial charge on any atom is 0.0862 e. The van der Waals surface area contributed by atoms with Crippen LogP contribution in [-0.4, -0.2) is 10.2 Å². The Balaban J connectivity index is 2.53. The highest BCUT2D eigenvalue weighted by atomic mass is 35.5. The van der Waals surface area contributed by atoms with Crippen LogP contribution in [0.1, 0.15) is 0 Å². The average Bonchev–Trinajstić information content (AvgIpc) is 2.51. The fraction of sp³-hybridized carbons (Fsp3) is 0. The minimum absolute atomic E-state index is 0.599. The van der Waals surface area contributed by atoms with Gasteiger partial charge in [-0.25, -0.2) is 0 Å². The van der Waals surface area contributed by atoms with E-state index >= 15 is 0 Å². The second-order valence-corrected chi connectivity index (χ2v) is 3.45. The molecule has 1 N–H and O–H groups in total. The van der Waals surface area contributed by atoms with E-state index in [0.29, 0.717) is 10.0 Å². The van der Waals surface area contributed by atoms with Crippen LogP contribution < -0.4 is 0 Å². The van der Waals surface area contributed by atoms with Gasteiger partial charge in [0.15, 0.2) is 0 Å². The van der Waals surface area contributed by atoms with Gasteiger partial charge in [-0.3, -0.25) is 5.10 Å². The van der Waals surface area contributed by atoms with Crippen LogP contribution in [0.25, 0.3) is 11.3 Å². The summed E-state index contributed by atoms with van der Waals surface area (Å²) in [6, 6.07) is 7.44. The molecular formula is C9H6Cl2N2. The summed E-state index contributed by atoms with van der Waals surface area (Å²) in [5.41, 5.74) is 1.74. The first kappa shape index (κ1) is 8.60. The zero-order valence-corrected chi connectivity index (χ0v) is 8.10. The molecular weight excluding hydrogens is 207 g/mol. The van der Waals surface area contributed by atoms with Crippen LogP contribution in [0.3, 0.4) is 0 Å². The van der Waals surface area contributed by atoms with Crippen molar-refractivity contribution in [3.8, 4) is 11.3 Å². The highest BCUT2D eigenvalue weighted by Crippen LogP contribution is 2.26. The number of halogens is 2. The molecule has 1 heterocycles. The van der Waals surface area contributed by atoms with Crippen LogP contribution in [0.4, 0.5) is 0 Å². The van der Waals surface area contributed by atoms with E-state index in [-0.39, 0.29) is 0 Å².